The van der Waals surface area contributed by atoms with Gasteiger partial charge in [0.2, 0.25) is 5.92 Å². The number of hydrogen-bond acceptors (Lipinski definition) is 5. The normalized spacial score (nSPS) is 21.3. The first-order valence-corrected chi connectivity index (χ1v) is 14.7. The van der Waals surface area contributed by atoms with Crippen LogP contribution in [0.4, 0.5) is 8.78 Å². The van der Waals surface area contributed by atoms with E-state index in [4.69, 9.17) is 0 Å². The third-order valence-electron chi connectivity index (χ3n) is 7.88. The molecule has 0 bridgehead atoms. The second-order valence-electron chi connectivity index (χ2n) is 10.2. The second kappa shape index (κ2) is 11.2. The van der Waals surface area contributed by atoms with Crippen molar-refractivity contribution in [3.8, 4) is 0 Å². The number of alkyl halides is 2. The lowest BCUT2D eigenvalue weighted by Crippen LogP contribution is -2.44. The van der Waals surface area contributed by atoms with Crippen LogP contribution in [0.25, 0.3) is 0 Å². The fourth-order valence-corrected chi connectivity index (χ4v) is 6.40. The van der Waals surface area contributed by atoms with Crippen molar-refractivity contribution in [2.45, 2.75) is 81.3 Å². The molecule has 1 heterocycles. The maximum absolute atomic E-state index is 13.7. The van der Waals surface area contributed by atoms with Crippen molar-refractivity contribution in [3.63, 3.8) is 0 Å². The first-order valence-electron chi connectivity index (χ1n) is 13.1. The molecule has 2 aliphatic rings. The van der Waals surface area contributed by atoms with Gasteiger partial charge >= 0.3 is 0 Å². The number of benzene rings is 2. The van der Waals surface area contributed by atoms with E-state index < -0.39 is 21.8 Å². The minimum atomic E-state index is -3.34. The Morgan fingerprint density at radius 2 is 1.81 bits per heavy atom. The van der Waals surface area contributed by atoms with Crippen LogP contribution in [0.5, 0.6) is 0 Å². The zero-order valence-electron chi connectivity index (χ0n) is 21.4. The van der Waals surface area contributed by atoms with E-state index in [1.807, 2.05) is 12.1 Å². The molecule has 1 fully saturated rings. The van der Waals surface area contributed by atoms with Gasteiger partial charge in [0.15, 0.2) is 9.84 Å². The third kappa shape index (κ3) is 6.21. The summed E-state index contributed by atoms with van der Waals surface area (Å²) in [5.41, 5.74) is 3.31. The minimum absolute atomic E-state index is 0.00557. The zero-order chi connectivity index (χ0) is 26.8. The molecule has 1 aliphatic carbocycles. The number of carbonyl (C=O) groups excluding carboxylic acids is 1. The summed E-state index contributed by atoms with van der Waals surface area (Å²) in [6.07, 6.45) is 1.74. The van der Waals surface area contributed by atoms with Crippen molar-refractivity contribution >= 4 is 15.7 Å². The summed E-state index contributed by atoms with van der Waals surface area (Å²) in [5, 5.41) is 12.8. The van der Waals surface area contributed by atoms with E-state index in [0.29, 0.717) is 30.5 Å². The lowest BCUT2D eigenvalue weighted by atomic mass is 9.83. The summed E-state index contributed by atoms with van der Waals surface area (Å²) in [7, 11) is -3.34. The van der Waals surface area contributed by atoms with Gasteiger partial charge in [-0.15, -0.1) is 0 Å². The smallest absolute Gasteiger partial charge is 0.251 e. The first-order chi connectivity index (χ1) is 17.6. The van der Waals surface area contributed by atoms with Gasteiger partial charge in [-0.25, -0.2) is 17.2 Å². The number of amides is 1. The number of fused-ring (bicyclic) bond motifs is 1. The topological polar surface area (TPSA) is 86.7 Å². The van der Waals surface area contributed by atoms with E-state index in [2.05, 4.69) is 17.1 Å². The number of nitrogens with one attached hydrogen (secondary N) is 1. The number of hydrogen-bond donors (Lipinski definition) is 2. The van der Waals surface area contributed by atoms with Crippen molar-refractivity contribution in [3.05, 3.63) is 64.7 Å². The highest BCUT2D eigenvalue weighted by atomic mass is 32.2. The molecule has 1 saturated carbocycles. The van der Waals surface area contributed by atoms with Crippen LogP contribution in [-0.2, 0) is 16.4 Å². The molecule has 4 rings (SSSR count). The highest BCUT2D eigenvalue weighted by Gasteiger charge is 2.38. The fraction of sp³-hybridized carbons (Fsp3) is 0.536. The number of halogens is 2. The molecule has 9 heteroatoms. The quantitative estimate of drug-likeness (QED) is 0.507. The fourth-order valence-electron chi connectivity index (χ4n) is 5.51. The molecule has 2 aromatic carbocycles. The summed E-state index contributed by atoms with van der Waals surface area (Å²) < 4.78 is 51.6. The number of aliphatic hydroxyl groups is 1. The van der Waals surface area contributed by atoms with Crippen LogP contribution >= 0.6 is 0 Å². The van der Waals surface area contributed by atoms with Gasteiger partial charge in [0.1, 0.15) is 0 Å². The lowest BCUT2D eigenvalue weighted by molar-refractivity contribution is -0.0561. The Kier molecular flexibility index (Phi) is 8.35. The number of sulfone groups is 1. The molecule has 202 valence electrons. The van der Waals surface area contributed by atoms with E-state index >= 15 is 0 Å². The highest BCUT2D eigenvalue weighted by Crippen LogP contribution is 2.39. The zero-order valence-corrected chi connectivity index (χ0v) is 22.2. The second-order valence-corrected chi connectivity index (χ2v) is 12.5. The first kappa shape index (κ1) is 27.7. The minimum Gasteiger partial charge on any atom is -0.394 e. The maximum Gasteiger partial charge on any atom is 0.251 e. The summed E-state index contributed by atoms with van der Waals surface area (Å²) >= 11 is 0. The summed E-state index contributed by atoms with van der Waals surface area (Å²) in [6.45, 7) is 4.82. The number of aliphatic hydroxyl groups excluding tert-OH is 1. The largest absolute Gasteiger partial charge is 0.394 e. The monoisotopic (exact) mass is 534 g/mol. The average Bonchev–Trinajstić information content (AvgIpc) is 2.90. The van der Waals surface area contributed by atoms with Crippen molar-refractivity contribution in [1.82, 2.24) is 10.2 Å². The molecular formula is C28H36F2N2O4S. The van der Waals surface area contributed by atoms with Crippen molar-refractivity contribution in [2.75, 3.05) is 18.9 Å². The van der Waals surface area contributed by atoms with E-state index in [1.165, 1.54) is 17.7 Å². The predicted octanol–water partition coefficient (Wildman–Crippen LogP) is 4.83. The van der Waals surface area contributed by atoms with Crippen molar-refractivity contribution < 1.29 is 27.1 Å². The molecule has 0 saturated heterocycles. The van der Waals surface area contributed by atoms with Crippen LogP contribution in [-0.4, -0.2) is 55.2 Å². The molecular weight excluding hydrogens is 498 g/mol. The van der Waals surface area contributed by atoms with Crippen LogP contribution in [0.3, 0.4) is 0 Å². The molecule has 2 atom stereocenters. The summed E-state index contributed by atoms with van der Waals surface area (Å²) in [6, 6.07) is 11.3. The maximum atomic E-state index is 13.7. The van der Waals surface area contributed by atoms with Crippen LogP contribution in [0.15, 0.2) is 47.4 Å². The molecule has 1 unspecified atom stereocenters. The molecule has 6 nitrogen and oxygen atoms in total. The molecule has 37 heavy (non-hydrogen) atoms. The van der Waals surface area contributed by atoms with Crippen LogP contribution in [0.1, 0.15) is 85.0 Å². The third-order valence-corrected chi connectivity index (χ3v) is 9.63. The number of carbonyl (C=O) groups is 1. The van der Waals surface area contributed by atoms with Crippen LogP contribution in [0, 0.1) is 0 Å². The van der Waals surface area contributed by atoms with Gasteiger partial charge in [-0.3, -0.25) is 9.69 Å². The Bertz CT molecular complexity index is 1210. The van der Waals surface area contributed by atoms with Gasteiger partial charge in [-0.2, -0.15) is 0 Å². The molecule has 1 amide bonds. The molecule has 0 radical (unpaired) electrons. The van der Waals surface area contributed by atoms with Crippen molar-refractivity contribution in [2.24, 2.45) is 0 Å². The molecule has 2 N–H and O–H groups in total. The summed E-state index contributed by atoms with van der Waals surface area (Å²) in [4.78, 5) is 15.6. The predicted molar refractivity (Wildman–Crippen MR) is 139 cm³/mol. The van der Waals surface area contributed by atoms with E-state index in [1.54, 1.807) is 25.1 Å². The Hall–Kier alpha value is -2.36. The Morgan fingerprint density at radius 1 is 1.14 bits per heavy atom. The molecule has 2 aromatic rings. The molecule has 0 spiro atoms. The van der Waals surface area contributed by atoms with Gasteiger partial charge < -0.3 is 10.4 Å². The van der Waals surface area contributed by atoms with Gasteiger partial charge in [-0.05, 0) is 66.1 Å². The SMILES string of the molecule is CC[C@@H]1CN(C2CCC(F)(F)CC2)Cc2cc(C(=O)NC(CO)c3ccc(S(=O)(=O)CC)cc3)ccc21. The molecule has 0 aromatic heterocycles. The Balaban J connectivity index is 1.49. The van der Waals surface area contributed by atoms with Gasteiger partial charge in [0.05, 0.1) is 23.3 Å². The Morgan fingerprint density at radius 3 is 2.41 bits per heavy atom. The van der Waals surface area contributed by atoms with Crippen molar-refractivity contribution in [1.29, 1.82) is 0 Å². The highest BCUT2D eigenvalue weighted by molar-refractivity contribution is 7.91. The van der Waals surface area contributed by atoms with E-state index in [-0.39, 0.29) is 48.0 Å². The van der Waals surface area contributed by atoms with Gasteiger partial charge in [-0.1, -0.05) is 32.0 Å². The van der Waals surface area contributed by atoms with E-state index in [9.17, 15) is 27.1 Å². The van der Waals surface area contributed by atoms with Crippen LogP contribution < -0.4 is 5.32 Å². The summed E-state index contributed by atoms with van der Waals surface area (Å²) in [5.74, 6) is -2.62. The number of rotatable bonds is 8. The van der Waals surface area contributed by atoms with Gasteiger partial charge in [0, 0.05) is 37.5 Å². The number of nitrogens with zero attached hydrogens (tertiary/aromatic N) is 1. The Labute approximate surface area is 218 Å². The standard InChI is InChI=1S/C28H36F2N2O4S/c1-3-19-16-32(23-11-13-28(29,30)14-12-23)17-22-15-21(7-10-25(19)22)27(34)31-26(18-33)20-5-8-24(9-6-20)37(35,36)4-2/h5-10,15,19,23,26,33H,3-4,11-14,16-18H2,1-2H3,(H,31,34)/t19-,26?/m1/s1. The van der Waals surface area contributed by atoms with Gasteiger partial charge in [0.25, 0.3) is 5.91 Å². The lowest BCUT2D eigenvalue weighted by Gasteiger charge is -2.42. The van der Waals surface area contributed by atoms with E-state index in [0.717, 1.165) is 18.5 Å². The average molecular weight is 535 g/mol. The molecule has 1 aliphatic heterocycles. The van der Waals surface area contributed by atoms with Crippen LogP contribution in [0.2, 0.25) is 0 Å².